The first kappa shape index (κ1) is 21.9. The number of halogens is 1. The molecular weight excluding hydrogens is 454 g/mol. The lowest BCUT2D eigenvalue weighted by atomic mass is 9.93. The Hall–Kier alpha value is -2.29. The number of carbonyl (C=O) groups is 1. The summed E-state index contributed by atoms with van der Waals surface area (Å²) >= 11 is 7.23. The van der Waals surface area contributed by atoms with E-state index in [1.807, 2.05) is 37.3 Å². The summed E-state index contributed by atoms with van der Waals surface area (Å²) in [4.78, 5) is 21.4. The van der Waals surface area contributed by atoms with Crippen molar-refractivity contribution in [3.63, 3.8) is 0 Å². The molecule has 0 spiro atoms. The van der Waals surface area contributed by atoms with E-state index in [1.165, 1.54) is 11.3 Å². The Kier molecular flexibility index (Phi) is 6.41. The van der Waals surface area contributed by atoms with Gasteiger partial charge in [0.1, 0.15) is 5.78 Å². The molecule has 1 saturated carbocycles. The molecule has 162 valence electrons. The summed E-state index contributed by atoms with van der Waals surface area (Å²) in [5.74, 6) is -0.311. The van der Waals surface area contributed by atoms with Crippen LogP contribution in [0.4, 0.5) is 5.13 Å². The predicted octanol–water partition coefficient (Wildman–Crippen LogP) is 5.07. The summed E-state index contributed by atoms with van der Waals surface area (Å²) in [6.07, 6.45) is 5.60. The van der Waals surface area contributed by atoms with Gasteiger partial charge in [-0.05, 0) is 36.5 Å². The van der Waals surface area contributed by atoms with Crippen molar-refractivity contribution >= 4 is 43.9 Å². The van der Waals surface area contributed by atoms with Gasteiger partial charge in [-0.15, -0.1) is 11.3 Å². The Morgan fingerprint density at radius 1 is 1.23 bits per heavy atom. The number of nitrogens with one attached hydrogen (secondary N) is 1. The topological polar surface area (TPSA) is 89.0 Å². The number of carbonyl (C=O) groups excluding carboxylic acids is 1. The molecule has 6 nitrogen and oxygen atoms in total. The average molecular weight is 476 g/mol. The van der Waals surface area contributed by atoms with Crippen LogP contribution in [0.3, 0.4) is 0 Å². The molecule has 31 heavy (non-hydrogen) atoms. The third-order valence-electron chi connectivity index (χ3n) is 5.24. The van der Waals surface area contributed by atoms with Crippen LogP contribution in [-0.4, -0.2) is 29.4 Å². The maximum atomic E-state index is 13.0. The number of hydrogen-bond donors (Lipinski definition) is 1. The molecule has 0 aliphatic heterocycles. The van der Waals surface area contributed by atoms with E-state index in [0.29, 0.717) is 35.1 Å². The highest BCUT2D eigenvalue weighted by atomic mass is 35.5. The van der Waals surface area contributed by atoms with Crippen molar-refractivity contribution in [3.05, 3.63) is 64.4 Å². The molecule has 1 aromatic carbocycles. The summed E-state index contributed by atoms with van der Waals surface area (Å²) in [5.41, 5.74) is 3.42. The number of Topliss-reactive ketones (excluding diaryl/α,β-unsaturated/α-hetero) is 1. The average Bonchev–Trinajstić information content (AvgIpc) is 3.51. The zero-order valence-electron chi connectivity index (χ0n) is 16.9. The van der Waals surface area contributed by atoms with E-state index in [0.717, 1.165) is 16.7 Å². The summed E-state index contributed by atoms with van der Waals surface area (Å²) < 4.78 is 26.8. The van der Waals surface area contributed by atoms with E-state index in [9.17, 15) is 13.2 Å². The highest BCUT2D eigenvalue weighted by molar-refractivity contribution is 7.93. The van der Waals surface area contributed by atoms with Crippen molar-refractivity contribution in [2.75, 3.05) is 4.72 Å². The van der Waals surface area contributed by atoms with Crippen molar-refractivity contribution in [1.29, 1.82) is 0 Å². The number of anilines is 1. The van der Waals surface area contributed by atoms with Gasteiger partial charge in [0, 0.05) is 29.8 Å². The molecule has 1 aliphatic rings. The number of thiazole rings is 1. The fourth-order valence-electron chi connectivity index (χ4n) is 3.39. The molecule has 0 saturated heterocycles. The van der Waals surface area contributed by atoms with Crippen LogP contribution >= 0.6 is 22.9 Å². The molecule has 1 unspecified atom stereocenters. The van der Waals surface area contributed by atoms with Crippen LogP contribution in [0.1, 0.15) is 43.4 Å². The first-order valence-electron chi connectivity index (χ1n) is 10.1. The molecule has 3 aromatic rings. The highest BCUT2D eigenvalue weighted by Crippen LogP contribution is 2.32. The third kappa shape index (κ3) is 5.31. The molecular formula is C22H22ClN3O3S2. The summed E-state index contributed by atoms with van der Waals surface area (Å²) in [6.45, 7) is 1.94. The number of aromatic nitrogens is 2. The Morgan fingerprint density at radius 3 is 2.61 bits per heavy atom. The van der Waals surface area contributed by atoms with Crippen molar-refractivity contribution in [2.45, 2.75) is 43.8 Å². The van der Waals surface area contributed by atoms with E-state index in [1.54, 1.807) is 17.8 Å². The Labute approximate surface area is 190 Å². The van der Waals surface area contributed by atoms with Crippen molar-refractivity contribution < 1.29 is 13.2 Å². The lowest BCUT2D eigenvalue weighted by Gasteiger charge is -2.12. The van der Waals surface area contributed by atoms with Crippen molar-refractivity contribution in [1.82, 2.24) is 9.97 Å². The second-order valence-corrected chi connectivity index (χ2v) is 10.9. The predicted molar refractivity (Wildman–Crippen MR) is 124 cm³/mol. The van der Waals surface area contributed by atoms with E-state index >= 15 is 0 Å². The number of nitrogens with zero attached hydrogens (tertiary/aromatic N) is 2. The molecule has 4 rings (SSSR count). The fourth-order valence-corrected chi connectivity index (χ4v) is 5.92. The minimum atomic E-state index is -3.36. The second-order valence-electron chi connectivity index (χ2n) is 7.62. The number of pyridine rings is 1. The Balaban J connectivity index is 1.43. The molecule has 2 aromatic heterocycles. The van der Waals surface area contributed by atoms with Crippen LogP contribution < -0.4 is 4.72 Å². The first-order valence-corrected chi connectivity index (χ1v) is 12.9. The smallest absolute Gasteiger partial charge is 0.237 e. The first-order chi connectivity index (χ1) is 14.9. The standard InChI is InChI=1S/C22H22ClN3O3S2/c1-2-19(20-13-30-22(25-20)26-31(28,29)18-7-8-18)21(27)9-14-3-5-15(6-4-14)16-10-17(23)12-24-11-16/h3-6,10-13,18-19H,2,7-9H2,1H3,(H,25,26). The fraction of sp³-hybridized carbons (Fsp3) is 0.318. The molecule has 2 heterocycles. The minimum absolute atomic E-state index is 0.0570. The van der Waals surface area contributed by atoms with Gasteiger partial charge in [-0.3, -0.25) is 14.5 Å². The van der Waals surface area contributed by atoms with Crippen LogP contribution in [0.2, 0.25) is 5.02 Å². The van der Waals surface area contributed by atoms with E-state index in [-0.39, 0.29) is 23.4 Å². The minimum Gasteiger partial charge on any atom is -0.299 e. The largest absolute Gasteiger partial charge is 0.299 e. The molecule has 9 heteroatoms. The summed E-state index contributed by atoms with van der Waals surface area (Å²) in [7, 11) is -3.36. The monoisotopic (exact) mass is 475 g/mol. The van der Waals surface area contributed by atoms with Crippen LogP contribution in [-0.2, 0) is 21.2 Å². The third-order valence-corrected chi connectivity index (χ3v) is 8.18. The SMILES string of the molecule is CCC(C(=O)Cc1ccc(-c2cncc(Cl)c2)cc1)c1csc(NS(=O)(=O)C2CC2)n1. The van der Waals surface area contributed by atoms with Crippen LogP contribution in [0.25, 0.3) is 11.1 Å². The van der Waals surface area contributed by atoms with Gasteiger partial charge in [0.15, 0.2) is 5.13 Å². The Bertz CT molecular complexity index is 1190. The molecule has 1 atom stereocenters. The molecule has 0 amide bonds. The van der Waals surface area contributed by atoms with Crippen molar-refractivity contribution in [2.24, 2.45) is 0 Å². The number of hydrogen-bond acceptors (Lipinski definition) is 6. The molecule has 1 N–H and O–H groups in total. The van der Waals surface area contributed by atoms with Gasteiger partial charge >= 0.3 is 0 Å². The lowest BCUT2D eigenvalue weighted by Crippen LogP contribution is -2.18. The normalized spacial score (nSPS) is 14.9. The van der Waals surface area contributed by atoms with Gasteiger partial charge in [-0.2, -0.15) is 0 Å². The lowest BCUT2D eigenvalue weighted by molar-refractivity contribution is -0.120. The van der Waals surface area contributed by atoms with E-state index < -0.39 is 10.0 Å². The van der Waals surface area contributed by atoms with Gasteiger partial charge in [0.25, 0.3) is 0 Å². The van der Waals surface area contributed by atoms with Gasteiger partial charge in [-0.25, -0.2) is 13.4 Å². The van der Waals surface area contributed by atoms with Gasteiger partial charge in [0.2, 0.25) is 10.0 Å². The van der Waals surface area contributed by atoms with Crippen LogP contribution in [0, 0.1) is 0 Å². The Morgan fingerprint density at radius 2 is 1.97 bits per heavy atom. The summed E-state index contributed by atoms with van der Waals surface area (Å²) in [6, 6.07) is 9.60. The van der Waals surface area contributed by atoms with Gasteiger partial charge < -0.3 is 0 Å². The number of rotatable bonds is 9. The molecule has 1 fully saturated rings. The number of ketones is 1. The zero-order chi connectivity index (χ0) is 22.0. The maximum Gasteiger partial charge on any atom is 0.237 e. The molecule has 0 bridgehead atoms. The number of sulfonamides is 1. The molecule has 0 radical (unpaired) electrons. The zero-order valence-corrected chi connectivity index (χ0v) is 19.3. The van der Waals surface area contributed by atoms with Gasteiger partial charge in [0.05, 0.1) is 21.9 Å². The summed E-state index contributed by atoms with van der Waals surface area (Å²) in [5, 5.41) is 2.36. The second kappa shape index (κ2) is 9.06. The van der Waals surface area contributed by atoms with Crippen molar-refractivity contribution in [3.8, 4) is 11.1 Å². The molecule has 1 aliphatic carbocycles. The van der Waals surface area contributed by atoms with E-state index in [2.05, 4.69) is 14.7 Å². The van der Waals surface area contributed by atoms with Crippen LogP contribution in [0.5, 0.6) is 0 Å². The van der Waals surface area contributed by atoms with Crippen LogP contribution in [0.15, 0.2) is 48.1 Å². The van der Waals surface area contributed by atoms with E-state index in [4.69, 9.17) is 11.6 Å². The maximum absolute atomic E-state index is 13.0. The van der Waals surface area contributed by atoms with Gasteiger partial charge in [-0.1, -0.05) is 42.8 Å². The number of benzene rings is 1. The highest BCUT2D eigenvalue weighted by Gasteiger charge is 2.36. The quantitative estimate of drug-likeness (QED) is 0.466.